The molecule has 0 bridgehead atoms. The Morgan fingerprint density at radius 2 is 1.60 bits per heavy atom. The van der Waals surface area contributed by atoms with Gasteiger partial charge in [0.15, 0.2) is 0 Å². The zero-order valence-corrected chi connectivity index (χ0v) is 14.7. The van der Waals surface area contributed by atoms with E-state index in [0.29, 0.717) is 0 Å². The zero-order valence-electron chi connectivity index (χ0n) is 14.7. The first kappa shape index (κ1) is 16.1. The molecule has 0 aliphatic heterocycles. The molecule has 1 aliphatic carbocycles. The van der Waals surface area contributed by atoms with Gasteiger partial charge >= 0.3 is 0 Å². The number of nitrogens with zero attached hydrogens (tertiary/aromatic N) is 2. The van der Waals surface area contributed by atoms with Gasteiger partial charge in [-0.1, -0.05) is 67.6 Å². The molecule has 0 radical (unpaired) electrons. The monoisotopic (exact) mass is 332 g/mol. The molecule has 1 heterocycles. The van der Waals surface area contributed by atoms with Crippen molar-refractivity contribution >= 4 is 10.9 Å². The second-order valence-corrected chi connectivity index (χ2v) is 7.14. The van der Waals surface area contributed by atoms with Gasteiger partial charge in [-0.25, -0.2) is 4.98 Å². The smallest absolute Gasteiger partial charge is 0.261 e. The number of rotatable bonds is 2. The molecule has 3 heteroatoms. The second-order valence-electron chi connectivity index (χ2n) is 7.14. The van der Waals surface area contributed by atoms with Crippen LogP contribution < -0.4 is 5.56 Å². The van der Waals surface area contributed by atoms with Crippen LogP contribution in [0.3, 0.4) is 0 Å². The topological polar surface area (TPSA) is 34.9 Å². The third-order valence-corrected chi connectivity index (χ3v) is 5.31. The average Bonchev–Trinajstić information content (AvgIpc) is 2.91. The molecule has 0 atom stereocenters. The maximum Gasteiger partial charge on any atom is 0.261 e. The molecule has 1 aromatic heterocycles. The van der Waals surface area contributed by atoms with Gasteiger partial charge in [-0.3, -0.25) is 9.36 Å². The quantitative estimate of drug-likeness (QED) is 0.599. The molecule has 1 fully saturated rings. The van der Waals surface area contributed by atoms with Crippen LogP contribution >= 0.6 is 0 Å². The van der Waals surface area contributed by atoms with Crippen molar-refractivity contribution in [2.24, 2.45) is 0 Å². The molecule has 1 saturated carbocycles. The molecule has 0 N–H and O–H groups in total. The predicted octanol–water partition coefficient (Wildman–Crippen LogP) is 5.27. The van der Waals surface area contributed by atoms with Crippen molar-refractivity contribution < 1.29 is 0 Å². The largest absolute Gasteiger partial charge is 0.289 e. The standard InChI is InChI=1S/C22H24N2O/c1-16-12-14-17(15-13-16)21-23-20-11-7-6-10-19(20)22(25)24(21)18-8-4-2-3-5-9-18/h6-7,10-15,18H,2-5,8-9H2,1H3. The van der Waals surface area contributed by atoms with Crippen molar-refractivity contribution in [1.82, 2.24) is 9.55 Å². The van der Waals surface area contributed by atoms with E-state index in [4.69, 9.17) is 4.98 Å². The predicted molar refractivity (Wildman–Crippen MR) is 103 cm³/mol. The Labute approximate surface area is 148 Å². The van der Waals surface area contributed by atoms with E-state index in [-0.39, 0.29) is 11.6 Å². The summed E-state index contributed by atoms with van der Waals surface area (Å²) in [5, 5.41) is 0.725. The molecule has 4 rings (SSSR count). The summed E-state index contributed by atoms with van der Waals surface area (Å²) in [6, 6.07) is 16.3. The van der Waals surface area contributed by atoms with Crippen LogP contribution in [0.15, 0.2) is 53.3 Å². The molecule has 0 unspecified atom stereocenters. The number of hydrogen-bond donors (Lipinski definition) is 0. The van der Waals surface area contributed by atoms with Crippen LogP contribution in [0.1, 0.15) is 50.1 Å². The highest BCUT2D eigenvalue weighted by Gasteiger charge is 2.21. The minimum Gasteiger partial charge on any atom is -0.289 e. The van der Waals surface area contributed by atoms with Gasteiger partial charge < -0.3 is 0 Å². The summed E-state index contributed by atoms with van der Waals surface area (Å²) in [6.45, 7) is 2.08. The van der Waals surface area contributed by atoms with Crippen LogP contribution in [0, 0.1) is 6.92 Å². The van der Waals surface area contributed by atoms with E-state index in [9.17, 15) is 4.79 Å². The lowest BCUT2D eigenvalue weighted by molar-refractivity contribution is 0.434. The molecule has 2 aromatic carbocycles. The van der Waals surface area contributed by atoms with Crippen LogP contribution in [0.5, 0.6) is 0 Å². The fourth-order valence-corrected chi connectivity index (χ4v) is 3.91. The second kappa shape index (κ2) is 6.83. The van der Waals surface area contributed by atoms with Gasteiger partial charge in [0.25, 0.3) is 5.56 Å². The van der Waals surface area contributed by atoms with Gasteiger partial charge in [0, 0.05) is 11.6 Å². The van der Waals surface area contributed by atoms with Crippen LogP contribution in [0.25, 0.3) is 22.3 Å². The maximum atomic E-state index is 13.3. The van der Waals surface area contributed by atoms with E-state index in [0.717, 1.165) is 35.1 Å². The fourth-order valence-electron chi connectivity index (χ4n) is 3.91. The Bertz CT molecular complexity index is 932. The zero-order chi connectivity index (χ0) is 17.2. The average molecular weight is 332 g/mol. The van der Waals surface area contributed by atoms with Gasteiger partial charge in [0.2, 0.25) is 0 Å². The summed E-state index contributed by atoms with van der Waals surface area (Å²) in [7, 11) is 0. The lowest BCUT2D eigenvalue weighted by atomic mass is 10.1. The minimum atomic E-state index is 0.105. The highest BCUT2D eigenvalue weighted by Crippen LogP contribution is 2.30. The van der Waals surface area contributed by atoms with Gasteiger partial charge in [-0.2, -0.15) is 0 Å². The van der Waals surface area contributed by atoms with E-state index >= 15 is 0 Å². The van der Waals surface area contributed by atoms with E-state index in [1.165, 1.54) is 31.2 Å². The Balaban J connectivity index is 1.96. The summed E-state index contributed by atoms with van der Waals surface area (Å²) in [5.74, 6) is 0.815. The number of benzene rings is 2. The minimum absolute atomic E-state index is 0.105. The molecule has 3 nitrogen and oxygen atoms in total. The molecule has 25 heavy (non-hydrogen) atoms. The van der Waals surface area contributed by atoms with Crippen LogP contribution in [-0.2, 0) is 0 Å². The lowest BCUT2D eigenvalue weighted by Gasteiger charge is -2.22. The van der Waals surface area contributed by atoms with Gasteiger partial charge in [0.1, 0.15) is 5.82 Å². The SMILES string of the molecule is Cc1ccc(-c2nc3ccccc3c(=O)n2C2CCCCCC2)cc1. The Hall–Kier alpha value is -2.42. The number of hydrogen-bond acceptors (Lipinski definition) is 2. The molecule has 128 valence electrons. The molecule has 0 saturated heterocycles. The Kier molecular flexibility index (Phi) is 4.39. The van der Waals surface area contributed by atoms with Crippen molar-refractivity contribution in [2.45, 2.75) is 51.5 Å². The summed E-state index contributed by atoms with van der Waals surface area (Å²) in [6.07, 6.45) is 7.06. The number of aromatic nitrogens is 2. The maximum absolute atomic E-state index is 13.3. The Morgan fingerprint density at radius 3 is 2.32 bits per heavy atom. The van der Waals surface area contributed by atoms with Gasteiger partial charge in [0.05, 0.1) is 10.9 Å². The number of aryl methyl sites for hydroxylation is 1. The third kappa shape index (κ3) is 3.11. The van der Waals surface area contributed by atoms with Crippen LogP contribution in [0.4, 0.5) is 0 Å². The molecular formula is C22H24N2O. The fraction of sp³-hybridized carbons (Fsp3) is 0.364. The summed E-state index contributed by atoms with van der Waals surface area (Å²) in [5.41, 5.74) is 3.13. The molecule has 3 aromatic rings. The highest BCUT2D eigenvalue weighted by molar-refractivity contribution is 5.79. The van der Waals surface area contributed by atoms with Crippen LogP contribution in [0.2, 0.25) is 0 Å². The van der Waals surface area contributed by atoms with Crippen molar-refractivity contribution in [3.8, 4) is 11.4 Å². The molecular weight excluding hydrogens is 308 g/mol. The van der Waals surface area contributed by atoms with E-state index in [1.807, 2.05) is 28.8 Å². The van der Waals surface area contributed by atoms with Crippen molar-refractivity contribution in [3.05, 3.63) is 64.4 Å². The van der Waals surface area contributed by atoms with E-state index < -0.39 is 0 Å². The molecule has 1 aliphatic rings. The molecule has 0 spiro atoms. The number of para-hydroxylation sites is 1. The third-order valence-electron chi connectivity index (χ3n) is 5.31. The van der Waals surface area contributed by atoms with Crippen molar-refractivity contribution in [1.29, 1.82) is 0 Å². The molecule has 0 amide bonds. The summed E-state index contributed by atoms with van der Waals surface area (Å²) in [4.78, 5) is 18.2. The summed E-state index contributed by atoms with van der Waals surface area (Å²) >= 11 is 0. The summed E-state index contributed by atoms with van der Waals surface area (Å²) < 4.78 is 1.98. The van der Waals surface area contributed by atoms with Crippen LogP contribution in [-0.4, -0.2) is 9.55 Å². The normalized spacial score (nSPS) is 16.0. The number of fused-ring (bicyclic) bond motifs is 1. The van der Waals surface area contributed by atoms with Gasteiger partial charge in [-0.05, 0) is 31.9 Å². The highest BCUT2D eigenvalue weighted by atomic mass is 16.1. The first-order valence-electron chi connectivity index (χ1n) is 9.32. The Morgan fingerprint density at radius 1 is 0.920 bits per heavy atom. The van der Waals surface area contributed by atoms with E-state index in [1.54, 1.807) is 0 Å². The lowest BCUT2D eigenvalue weighted by Crippen LogP contribution is -2.27. The first-order valence-corrected chi connectivity index (χ1v) is 9.32. The van der Waals surface area contributed by atoms with Crippen molar-refractivity contribution in [3.63, 3.8) is 0 Å². The first-order chi connectivity index (χ1) is 12.2. The van der Waals surface area contributed by atoms with E-state index in [2.05, 4.69) is 31.2 Å². The van der Waals surface area contributed by atoms with Gasteiger partial charge in [-0.15, -0.1) is 0 Å². The van der Waals surface area contributed by atoms with Crippen molar-refractivity contribution in [2.75, 3.05) is 0 Å².